The van der Waals surface area contributed by atoms with Crippen LogP contribution in [0.2, 0.25) is 0 Å². The highest BCUT2D eigenvalue weighted by molar-refractivity contribution is 5.73. The van der Waals surface area contributed by atoms with Crippen LogP contribution in [0.1, 0.15) is 25.3 Å². The Hall–Kier alpha value is -1.99. The lowest BCUT2D eigenvalue weighted by Crippen LogP contribution is -2.23. The number of rotatable bonds is 5. The van der Waals surface area contributed by atoms with E-state index in [9.17, 15) is 13.2 Å². The lowest BCUT2D eigenvalue weighted by molar-refractivity contribution is -0.137. The van der Waals surface area contributed by atoms with Gasteiger partial charge in [0, 0.05) is 18.7 Å². The average Bonchev–Trinajstić information content (AvgIpc) is 2.83. The van der Waals surface area contributed by atoms with Gasteiger partial charge in [-0.15, -0.1) is 0 Å². The number of amidine groups is 1. The van der Waals surface area contributed by atoms with Crippen LogP contribution in [0.15, 0.2) is 23.3 Å². The molecule has 0 saturated heterocycles. The number of ether oxygens (including phenoxy) is 2. The zero-order valence-electron chi connectivity index (χ0n) is 11.4. The number of hydrogen-bond acceptors (Lipinski definition) is 5. The van der Waals surface area contributed by atoms with E-state index >= 15 is 0 Å². The Morgan fingerprint density at radius 3 is 2.71 bits per heavy atom. The molecule has 8 heteroatoms. The van der Waals surface area contributed by atoms with Gasteiger partial charge >= 0.3 is 6.18 Å². The van der Waals surface area contributed by atoms with Crippen LogP contribution in [0.4, 0.5) is 13.2 Å². The molecule has 5 nitrogen and oxygen atoms in total. The van der Waals surface area contributed by atoms with E-state index in [2.05, 4.69) is 9.98 Å². The van der Waals surface area contributed by atoms with Gasteiger partial charge in [0.05, 0.1) is 11.6 Å². The van der Waals surface area contributed by atoms with Gasteiger partial charge < -0.3 is 15.2 Å². The van der Waals surface area contributed by atoms with Gasteiger partial charge in [-0.2, -0.15) is 13.2 Å². The highest BCUT2D eigenvalue weighted by atomic mass is 19.4. The molecule has 1 aromatic heterocycles. The Bertz CT molecular complexity index is 502. The molecule has 0 radical (unpaired) electrons. The van der Waals surface area contributed by atoms with Crippen LogP contribution in [0.25, 0.3) is 0 Å². The third-order valence-corrected chi connectivity index (χ3v) is 3.07. The van der Waals surface area contributed by atoms with Gasteiger partial charge in [-0.1, -0.05) is 6.92 Å². The van der Waals surface area contributed by atoms with Crippen LogP contribution in [0.3, 0.4) is 0 Å². The third kappa shape index (κ3) is 4.24. The highest BCUT2D eigenvalue weighted by Gasteiger charge is 2.31. The van der Waals surface area contributed by atoms with Crippen molar-refractivity contribution in [2.45, 2.75) is 38.1 Å². The minimum atomic E-state index is -4.40. The number of halogens is 3. The second kappa shape index (κ2) is 6.19. The van der Waals surface area contributed by atoms with E-state index in [1.165, 1.54) is 6.07 Å². The maximum absolute atomic E-state index is 12.4. The first-order valence-corrected chi connectivity index (χ1v) is 6.54. The van der Waals surface area contributed by atoms with Crippen molar-refractivity contribution in [2.75, 3.05) is 6.61 Å². The molecular weight excluding hydrogens is 287 g/mol. The summed E-state index contributed by atoms with van der Waals surface area (Å²) in [6.45, 7) is 2.31. The van der Waals surface area contributed by atoms with Gasteiger partial charge in [0.2, 0.25) is 5.88 Å². The summed E-state index contributed by atoms with van der Waals surface area (Å²) >= 11 is 0. The van der Waals surface area contributed by atoms with Gasteiger partial charge in [0.1, 0.15) is 12.7 Å². The molecule has 0 bridgehead atoms. The molecule has 0 saturated carbocycles. The summed E-state index contributed by atoms with van der Waals surface area (Å²) in [4.78, 5) is 7.78. The van der Waals surface area contributed by atoms with Crippen molar-refractivity contribution < 1.29 is 22.6 Å². The molecule has 0 amide bonds. The lowest BCUT2D eigenvalue weighted by atomic mass is 10.1. The van der Waals surface area contributed by atoms with Crippen LogP contribution >= 0.6 is 0 Å². The average molecular weight is 303 g/mol. The quantitative estimate of drug-likeness (QED) is 0.906. The molecule has 21 heavy (non-hydrogen) atoms. The fourth-order valence-electron chi connectivity index (χ4n) is 1.95. The topological polar surface area (TPSA) is 69.7 Å². The first-order chi connectivity index (χ1) is 9.88. The van der Waals surface area contributed by atoms with Crippen LogP contribution in [0, 0.1) is 0 Å². The largest absolute Gasteiger partial charge is 0.474 e. The molecule has 1 aromatic rings. The first kappa shape index (κ1) is 15.4. The standard InChI is InChI=1S/C13H16F3N3O2/c1-2-10(5-9-7-20-12(17)19-9)21-11-4-3-8(6-18-11)13(14,15)16/h3-4,6,9-10H,2,5,7H2,1H3,(H2,17,19)/t9-,10-/m0/s1. The van der Waals surface area contributed by atoms with Crippen LogP contribution in [-0.2, 0) is 10.9 Å². The maximum atomic E-state index is 12.4. The fraction of sp³-hybridized carbons (Fsp3) is 0.538. The van der Waals surface area contributed by atoms with Crippen molar-refractivity contribution in [1.82, 2.24) is 4.98 Å². The summed E-state index contributed by atoms with van der Waals surface area (Å²) in [6, 6.07) is 2.23. The second-order valence-electron chi connectivity index (χ2n) is 4.70. The molecule has 0 unspecified atom stereocenters. The zero-order valence-corrected chi connectivity index (χ0v) is 11.4. The number of alkyl halides is 3. The molecule has 1 aliphatic heterocycles. The van der Waals surface area contributed by atoms with Crippen LogP contribution < -0.4 is 10.5 Å². The number of pyridine rings is 1. The number of aliphatic imine (C=N–C) groups is 1. The van der Waals surface area contributed by atoms with Gasteiger partial charge in [-0.05, 0) is 12.5 Å². The van der Waals surface area contributed by atoms with Gasteiger partial charge in [-0.3, -0.25) is 0 Å². The first-order valence-electron chi connectivity index (χ1n) is 6.54. The summed E-state index contributed by atoms with van der Waals surface area (Å²) in [7, 11) is 0. The van der Waals surface area contributed by atoms with E-state index in [-0.39, 0.29) is 24.0 Å². The van der Waals surface area contributed by atoms with E-state index in [1.807, 2.05) is 6.92 Å². The predicted molar refractivity (Wildman–Crippen MR) is 69.9 cm³/mol. The monoisotopic (exact) mass is 303 g/mol. The minimum absolute atomic E-state index is 0.0931. The summed E-state index contributed by atoms with van der Waals surface area (Å²) < 4.78 is 47.9. The molecule has 0 spiro atoms. The van der Waals surface area contributed by atoms with Crippen molar-refractivity contribution in [3.8, 4) is 5.88 Å². The second-order valence-corrected chi connectivity index (χ2v) is 4.70. The zero-order chi connectivity index (χ0) is 15.5. The van der Waals surface area contributed by atoms with Crippen LogP contribution in [0.5, 0.6) is 5.88 Å². The fourth-order valence-corrected chi connectivity index (χ4v) is 1.95. The molecule has 2 N–H and O–H groups in total. The minimum Gasteiger partial charge on any atom is -0.474 e. The Morgan fingerprint density at radius 1 is 1.48 bits per heavy atom. The van der Waals surface area contributed by atoms with E-state index in [0.29, 0.717) is 19.4 Å². The molecule has 2 heterocycles. The number of nitrogens with zero attached hydrogens (tertiary/aromatic N) is 2. The number of aromatic nitrogens is 1. The molecule has 2 atom stereocenters. The Balaban J connectivity index is 1.95. The summed E-state index contributed by atoms with van der Waals surface area (Å²) in [5.41, 5.74) is 4.62. The molecular formula is C13H16F3N3O2. The SMILES string of the molecule is CC[C@@H](C[C@H]1COC(N)=N1)Oc1ccc(C(F)(F)F)cn1. The summed E-state index contributed by atoms with van der Waals surface area (Å²) in [5.74, 6) is 0.158. The normalized spacial score (nSPS) is 19.8. The smallest absolute Gasteiger partial charge is 0.417 e. The third-order valence-electron chi connectivity index (χ3n) is 3.07. The Labute approximate surface area is 120 Å². The molecule has 0 aliphatic carbocycles. The molecule has 2 rings (SSSR count). The Morgan fingerprint density at radius 2 is 2.24 bits per heavy atom. The van der Waals surface area contributed by atoms with Crippen molar-refractivity contribution >= 4 is 6.02 Å². The molecule has 0 fully saturated rings. The van der Waals surface area contributed by atoms with Crippen molar-refractivity contribution in [3.63, 3.8) is 0 Å². The van der Waals surface area contributed by atoms with Gasteiger partial charge in [-0.25, -0.2) is 9.98 Å². The van der Waals surface area contributed by atoms with E-state index in [4.69, 9.17) is 15.2 Å². The highest BCUT2D eigenvalue weighted by Crippen LogP contribution is 2.29. The lowest BCUT2D eigenvalue weighted by Gasteiger charge is -2.18. The van der Waals surface area contributed by atoms with Crippen molar-refractivity contribution in [2.24, 2.45) is 10.7 Å². The van der Waals surface area contributed by atoms with Gasteiger partial charge in [0.15, 0.2) is 0 Å². The summed E-state index contributed by atoms with van der Waals surface area (Å²) in [6.07, 6.45) is -2.60. The predicted octanol–water partition coefficient (Wildman–Crippen LogP) is 2.36. The van der Waals surface area contributed by atoms with Crippen molar-refractivity contribution in [1.29, 1.82) is 0 Å². The van der Waals surface area contributed by atoms with E-state index < -0.39 is 11.7 Å². The van der Waals surface area contributed by atoms with Crippen LogP contribution in [-0.4, -0.2) is 29.8 Å². The molecule has 116 valence electrons. The summed E-state index contributed by atoms with van der Waals surface area (Å²) in [5, 5.41) is 0. The number of hydrogen-bond donors (Lipinski definition) is 1. The van der Waals surface area contributed by atoms with E-state index in [1.54, 1.807) is 0 Å². The number of nitrogens with two attached hydrogens (primary N) is 1. The van der Waals surface area contributed by atoms with Crippen molar-refractivity contribution in [3.05, 3.63) is 23.9 Å². The maximum Gasteiger partial charge on any atom is 0.417 e. The van der Waals surface area contributed by atoms with Gasteiger partial charge in [0.25, 0.3) is 6.02 Å². The van der Waals surface area contributed by atoms with E-state index in [0.717, 1.165) is 12.3 Å². The molecule has 0 aromatic carbocycles. The molecule has 1 aliphatic rings. The Kier molecular flexibility index (Phi) is 4.54.